The highest BCUT2D eigenvalue weighted by molar-refractivity contribution is 5.98. The summed E-state index contributed by atoms with van der Waals surface area (Å²) in [5.74, 6) is -0.410. The van der Waals surface area contributed by atoms with Gasteiger partial charge in [0.05, 0.1) is 19.3 Å². The molecule has 0 bridgehead atoms. The zero-order valence-corrected chi connectivity index (χ0v) is 18.4. The third kappa shape index (κ3) is 5.81. The highest BCUT2D eigenvalue weighted by Gasteiger charge is 2.23. The maximum Gasteiger partial charge on any atom is 0.220 e. The van der Waals surface area contributed by atoms with Crippen molar-refractivity contribution in [2.24, 2.45) is 0 Å². The lowest BCUT2D eigenvalue weighted by molar-refractivity contribution is -0.121. The molecule has 1 aliphatic carbocycles. The number of rotatable bonds is 8. The molecule has 1 aliphatic heterocycles. The second kappa shape index (κ2) is 10.8. The number of hydrogen-bond acceptors (Lipinski definition) is 4. The van der Waals surface area contributed by atoms with Crippen LogP contribution in [0.2, 0.25) is 0 Å². The fourth-order valence-electron chi connectivity index (χ4n) is 4.61. The predicted molar refractivity (Wildman–Crippen MR) is 121 cm³/mol. The Balaban J connectivity index is 1.32. The first-order chi connectivity index (χ1) is 15.6. The van der Waals surface area contributed by atoms with Crippen molar-refractivity contribution in [3.05, 3.63) is 70.5 Å². The van der Waals surface area contributed by atoms with Crippen LogP contribution in [0.5, 0.6) is 0 Å². The Labute approximate surface area is 188 Å². The smallest absolute Gasteiger partial charge is 0.220 e. The summed E-state index contributed by atoms with van der Waals surface area (Å²) in [5, 5.41) is 2.98. The molecule has 1 heterocycles. The molecule has 0 aromatic heterocycles. The number of amides is 1. The van der Waals surface area contributed by atoms with Gasteiger partial charge in [-0.15, -0.1) is 0 Å². The molecule has 32 heavy (non-hydrogen) atoms. The van der Waals surface area contributed by atoms with Gasteiger partial charge in [-0.2, -0.15) is 0 Å². The molecule has 0 radical (unpaired) electrons. The van der Waals surface area contributed by atoms with Crippen molar-refractivity contribution in [1.82, 2.24) is 10.2 Å². The van der Waals surface area contributed by atoms with Crippen molar-refractivity contribution < 1.29 is 18.7 Å². The van der Waals surface area contributed by atoms with Crippen LogP contribution in [0.4, 0.5) is 4.39 Å². The Morgan fingerprint density at radius 2 is 1.69 bits per heavy atom. The SMILES string of the molecule is O=C(CCC(=O)c1ccc2c(c1)CCCC2)NCC(c1ccc(F)cc1)N1CCOCC1. The largest absolute Gasteiger partial charge is 0.379 e. The maximum absolute atomic E-state index is 13.4. The summed E-state index contributed by atoms with van der Waals surface area (Å²) in [6, 6.07) is 12.3. The number of ether oxygens (including phenoxy) is 1. The van der Waals surface area contributed by atoms with Crippen LogP contribution in [0.25, 0.3) is 0 Å². The Bertz CT molecular complexity index is 939. The van der Waals surface area contributed by atoms with Gasteiger partial charge in [0, 0.05) is 38.0 Å². The van der Waals surface area contributed by atoms with Gasteiger partial charge in [-0.1, -0.05) is 24.3 Å². The van der Waals surface area contributed by atoms with E-state index in [4.69, 9.17) is 4.74 Å². The van der Waals surface area contributed by atoms with E-state index in [0.29, 0.717) is 25.3 Å². The minimum Gasteiger partial charge on any atom is -0.379 e. The molecule has 170 valence electrons. The van der Waals surface area contributed by atoms with E-state index in [0.717, 1.165) is 31.5 Å². The predicted octanol–water partition coefficient (Wildman–Crippen LogP) is 3.86. The number of hydrogen-bond donors (Lipinski definition) is 1. The van der Waals surface area contributed by atoms with Crippen molar-refractivity contribution in [3.8, 4) is 0 Å². The summed E-state index contributed by atoms with van der Waals surface area (Å²) >= 11 is 0. The number of nitrogens with one attached hydrogen (secondary N) is 1. The van der Waals surface area contributed by atoms with E-state index in [9.17, 15) is 14.0 Å². The molecular formula is C26H31FN2O3. The Hall–Kier alpha value is -2.57. The van der Waals surface area contributed by atoms with E-state index in [1.54, 1.807) is 12.1 Å². The van der Waals surface area contributed by atoms with Crippen LogP contribution >= 0.6 is 0 Å². The van der Waals surface area contributed by atoms with Crippen molar-refractivity contribution >= 4 is 11.7 Å². The van der Waals surface area contributed by atoms with Gasteiger partial charge in [-0.3, -0.25) is 14.5 Å². The second-order valence-corrected chi connectivity index (χ2v) is 8.63. The quantitative estimate of drug-likeness (QED) is 0.636. The topological polar surface area (TPSA) is 58.6 Å². The molecule has 1 saturated heterocycles. The van der Waals surface area contributed by atoms with Crippen LogP contribution in [0.1, 0.15) is 58.8 Å². The molecule has 2 aliphatic rings. The molecule has 1 unspecified atom stereocenters. The number of ketones is 1. The third-order valence-corrected chi connectivity index (χ3v) is 6.48. The number of carbonyl (C=O) groups is 2. The number of morpholine rings is 1. The molecule has 2 aromatic rings. The summed E-state index contributed by atoms with van der Waals surface area (Å²) < 4.78 is 18.8. The molecule has 0 saturated carbocycles. The number of halogens is 1. The Morgan fingerprint density at radius 1 is 0.969 bits per heavy atom. The Morgan fingerprint density at radius 3 is 2.44 bits per heavy atom. The average Bonchev–Trinajstić information content (AvgIpc) is 2.84. The summed E-state index contributed by atoms with van der Waals surface area (Å²) in [4.78, 5) is 27.4. The molecule has 2 aromatic carbocycles. The number of aryl methyl sites for hydroxylation is 2. The fraction of sp³-hybridized carbons (Fsp3) is 0.462. The lowest BCUT2D eigenvalue weighted by Crippen LogP contribution is -2.43. The molecule has 1 fully saturated rings. The fourth-order valence-corrected chi connectivity index (χ4v) is 4.61. The molecular weight excluding hydrogens is 407 g/mol. The van der Waals surface area contributed by atoms with E-state index in [2.05, 4.69) is 16.3 Å². The van der Waals surface area contributed by atoms with Gasteiger partial charge in [0.25, 0.3) is 0 Å². The molecule has 4 rings (SSSR count). The van der Waals surface area contributed by atoms with Gasteiger partial charge in [0.15, 0.2) is 5.78 Å². The van der Waals surface area contributed by atoms with Crippen molar-refractivity contribution in [2.75, 3.05) is 32.8 Å². The Kier molecular flexibility index (Phi) is 7.66. The third-order valence-electron chi connectivity index (χ3n) is 6.48. The van der Waals surface area contributed by atoms with E-state index >= 15 is 0 Å². The van der Waals surface area contributed by atoms with Gasteiger partial charge in [0.1, 0.15) is 5.82 Å². The molecule has 5 nitrogen and oxygen atoms in total. The van der Waals surface area contributed by atoms with E-state index < -0.39 is 0 Å². The lowest BCUT2D eigenvalue weighted by Gasteiger charge is -2.35. The molecule has 1 atom stereocenters. The van der Waals surface area contributed by atoms with Gasteiger partial charge >= 0.3 is 0 Å². The van der Waals surface area contributed by atoms with Crippen molar-refractivity contribution in [2.45, 2.75) is 44.6 Å². The highest BCUT2D eigenvalue weighted by atomic mass is 19.1. The number of fused-ring (bicyclic) bond motifs is 1. The van der Waals surface area contributed by atoms with Crippen LogP contribution in [-0.2, 0) is 22.4 Å². The second-order valence-electron chi connectivity index (χ2n) is 8.63. The summed E-state index contributed by atoms with van der Waals surface area (Å²) in [5.41, 5.74) is 4.29. The summed E-state index contributed by atoms with van der Waals surface area (Å²) in [6.45, 7) is 3.21. The number of benzene rings is 2. The molecule has 0 spiro atoms. The van der Waals surface area contributed by atoms with Crippen LogP contribution < -0.4 is 5.32 Å². The molecule has 1 amide bonds. The zero-order valence-electron chi connectivity index (χ0n) is 18.4. The number of nitrogens with zero attached hydrogens (tertiary/aromatic N) is 1. The average molecular weight is 439 g/mol. The highest BCUT2D eigenvalue weighted by Crippen LogP contribution is 2.24. The minimum absolute atomic E-state index is 0.0109. The van der Waals surface area contributed by atoms with E-state index in [-0.39, 0.29) is 36.4 Å². The van der Waals surface area contributed by atoms with Crippen molar-refractivity contribution in [1.29, 1.82) is 0 Å². The maximum atomic E-state index is 13.4. The van der Waals surface area contributed by atoms with Gasteiger partial charge in [-0.05, 0) is 60.6 Å². The monoisotopic (exact) mass is 438 g/mol. The van der Waals surface area contributed by atoms with Crippen LogP contribution in [0.15, 0.2) is 42.5 Å². The summed E-state index contributed by atoms with van der Waals surface area (Å²) in [6.07, 6.45) is 4.86. The first-order valence-corrected chi connectivity index (χ1v) is 11.6. The molecule has 1 N–H and O–H groups in total. The summed E-state index contributed by atoms with van der Waals surface area (Å²) in [7, 11) is 0. The first-order valence-electron chi connectivity index (χ1n) is 11.6. The van der Waals surface area contributed by atoms with Crippen LogP contribution in [0, 0.1) is 5.82 Å². The van der Waals surface area contributed by atoms with Crippen LogP contribution in [0.3, 0.4) is 0 Å². The normalized spacial score (nSPS) is 17.4. The standard InChI is InChI=1S/C26H31FN2O3/c27-23-9-7-20(8-10-23)24(29-13-15-32-16-14-29)18-28-26(31)12-11-25(30)22-6-5-19-3-1-2-4-21(19)17-22/h5-10,17,24H,1-4,11-16,18H2,(H,28,31). The zero-order chi connectivity index (χ0) is 22.3. The number of carbonyl (C=O) groups excluding carboxylic acids is 2. The molecule has 6 heteroatoms. The van der Waals surface area contributed by atoms with Gasteiger partial charge in [-0.25, -0.2) is 4.39 Å². The van der Waals surface area contributed by atoms with Crippen molar-refractivity contribution in [3.63, 3.8) is 0 Å². The lowest BCUT2D eigenvalue weighted by atomic mass is 9.89. The number of Topliss-reactive ketones (excluding diaryl/α,β-unsaturated/α-hetero) is 1. The first kappa shape index (κ1) is 22.6. The van der Waals surface area contributed by atoms with Gasteiger partial charge in [0.2, 0.25) is 5.91 Å². The van der Waals surface area contributed by atoms with E-state index in [1.807, 2.05) is 12.1 Å². The van der Waals surface area contributed by atoms with Crippen LogP contribution in [-0.4, -0.2) is 49.4 Å². The van der Waals surface area contributed by atoms with E-state index in [1.165, 1.54) is 36.1 Å². The van der Waals surface area contributed by atoms with Gasteiger partial charge < -0.3 is 10.1 Å². The minimum atomic E-state index is -0.279.